The van der Waals surface area contributed by atoms with Crippen LogP contribution in [-0.4, -0.2) is 0 Å². The van der Waals surface area contributed by atoms with Gasteiger partial charge in [0.05, 0.1) is 5.69 Å². The molecule has 3 N–H and O–H groups in total. The zero-order chi connectivity index (χ0) is 9.84. The third-order valence-corrected chi connectivity index (χ3v) is 1.94. The van der Waals surface area contributed by atoms with Crippen LogP contribution in [-0.2, 0) is 6.42 Å². The Bertz CT molecular complexity index is 287. The zero-order valence-electron chi connectivity index (χ0n) is 7.35. The van der Waals surface area contributed by atoms with Crippen LogP contribution in [0.3, 0.4) is 0 Å². The standard InChI is InChI=1S/C9H12F2N2/c1-2-6-4-3-5-7(9(10)11)8(6)13-12/h3-5,9,13H,2,12H2,1H3. The molecule has 0 aliphatic carbocycles. The minimum Gasteiger partial charge on any atom is -0.323 e. The number of nitrogens with one attached hydrogen (secondary N) is 1. The lowest BCUT2D eigenvalue weighted by atomic mass is 10.1. The van der Waals surface area contributed by atoms with Crippen molar-refractivity contribution in [2.75, 3.05) is 5.43 Å². The summed E-state index contributed by atoms with van der Waals surface area (Å²) in [5.41, 5.74) is 3.43. The highest BCUT2D eigenvalue weighted by molar-refractivity contribution is 5.57. The molecule has 2 nitrogen and oxygen atoms in total. The van der Waals surface area contributed by atoms with E-state index in [0.717, 1.165) is 5.56 Å². The fourth-order valence-electron chi connectivity index (χ4n) is 1.27. The van der Waals surface area contributed by atoms with Crippen LogP contribution in [0.5, 0.6) is 0 Å². The number of benzene rings is 1. The Morgan fingerprint density at radius 3 is 2.62 bits per heavy atom. The third-order valence-electron chi connectivity index (χ3n) is 1.94. The van der Waals surface area contributed by atoms with Crippen LogP contribution in [0.15, 0.2) is 18.2 Å². The van der Waals surface area contributed by atoms with E-state index in [4.69, 9.17) is 5.84 Å². The van der Waals surface area contributed by atoms with Crippen LogP contribution >= 0.6 is 0 Å². The van der Waals surface area contributed by atoms with E-state index in [1.807, 2.05) is 6.92 Å². The highest BCUT2D eigenvalue weighted by Gasteiger charge is 2.13. The van der Waals surface area contributed by atoms with Crippen LogP contribution < -0.4 is 11.3 Å². The summed E-state index contributed by atoms with van der Waals surface area (Å²) in [5, 5.41) is 0. The molecule has 0 bridgehead atoms. The minimum atomic E-state index is -2.49. The summed E-state index contributed by atoms with van der Waals surface area (Å²) < 4.78 is 24.9. The second-order valence-corrected chi connectivity index (χ2v) is 2.68. The van der Waals surface area contributed by atoms with E-state index in [1.165, 1.54) is 6.07 Å². The minimum absolute atomic E-state index is 0.0400. The van der Waals surface area contributed by atoms with Crippen LogP contribution in [0.1, 0.15) is 24.5 Å². The molecule has 72 valence electrons. The van der Waals surface area contributed by atoms with Crippen LogP contribution in [0.2, 0.25) is 0 Å². The van der Waals surface area contributed by atoms with E-state index >= 15 is 0 Å². The number of para-hydroxylation sites is 1. The molecule has 0 saturated heterocycles. The van der Waals surface area contributed by atoms with Gasteiger partial charge in [0.25, 0.3) is 6.43 Å². The van der Waals surface area contributed by atoms with Gasteiger partial charge in [-0.25, -0.2) is 8.78 Å². The number of nitrogen functional groups attached to an aromatic ring is 1. The summed E-state index contributed by atoms with van der Waals surface area (Å²) in [4.78, 5) is 0. The van der Waals surface area contributed by atoms with E-state index in [0.29, 0.717) is 12.1 Å². The number of alkyl halides is 2. The van der Waals surface area contributed by atoms with Gasteiger partial charge in [-0.05, 0) is 12.0 Å². The highest BCUT2D eigenvalue weighted by atomic mass is 19.3. The number of hydrogen-bond acceptors (Lipinski definition) is 2. The molecule has 1 aromatic carbocycles. The topological polar surface area (TPSA) is 38.0 Å². The van der Waals surface area contributed by atoms with E-state index in [9.17, 15) is 8.78 Å². The van der Waals surface area contributed by atoms with Crippen molar-refractivity contribution in [2.24, 2.45) is 5.84 Å². The molecule has 13 heavy (non-hydrogen) atoms. The van der Waals surface area contributed by atoms with Gasteiger partial charge in [0.15, 0.2) is 0 Å². The molecular formula is C9H12F2N2. The van der Waals surface area contributed by atoms with Gasteiger partial charge in [0.1, 0.15) is 0 Å². The summed E-state index contributed by atoms with van der Waals surface area (Å²) >= 11 is 0. The Hall–Kier alpha value is -1.16. The molecule has 0 aliphatic heterocycles. The van der Waals surface area contributed by atoms with Crippen molar-refractivity contribution in [3.05, 3.63) is 29.3 Å². The molecule has 0 aromatic heterocycles. The van der Waals surface area contributed by atoms with Crippen molar-refractivity contribution in [3.8, 4) is 0 Å². The SMILES string of the molecule is CCc1cccc(C(F)F)c1NN. The zero-order valence-corrected chi connectivity index (χ0v) is 7.35. The average molecular weight is 186 g/mol. The van der Waals surface area contributed by atoms with Crippen LogP contribution in [0, 0.1) is 0 Å². The summed E-state index contributed by atoms with van der Waals surface area (Å²) in [6.45, 7) is 1.89. The van der Waals surface area contributed by atoms with Crippen LogP contribution in [0.4, 0.5) is 14.5 Å². The van der Waals surface area contributed by atoms with Gasteiger partial charge in [0, 0.05) is 5.56 Å². The Labute approximate surface area is 75.7 Å². The Kier molecular flexibility index (Phi) is 3.19. The van der Waals surface area contributed by atoms with Crippen molar-refractivity contribution in [1.82, 2.24) is 0 Å². The smallest absolute Gasteiger partial charge is 0.265 e. The predicted molar refractivity (Wildman–Crippen MR) is 48.6 cm³/mol. The van der Waals surface area contributed by atoms with E-state index in [1.54, 1.807) is 12.1 Å². The largest absolute Gasteiger partial charge is 0.323 e. The Morgan fingerprint density at radius 2 is 2.15 bits per heavy atom. The molecule has 0 unspecified atom stereocenters. The Morgan fingerprint density at radius 1 is 1.46 bits per heavy atom. The maximum atomic E-state index is 12.4. The van der Waals surface area contributed by atoms with Gasteiger partial charge in [-0.2, -0.15) is 0 Å². The number of nitrogens with two attached hydrogens (primary N) is 1. The normalized spacial score (nSPS) is 10.5. The van der Waals surface area contributed by atoms with E-state index in [2.05, 4.69) is 5.43 Å². The summed E-state index contributed by atoms with van der Waals surface area (Å²) in [5.74, 6) is 5.18. The monoisotopic (exact) mass is 186 g/mol. The van der Waals surface area contributed by atoms with Crippen molar-refractivity contribution in [1.29, 1.82) is 0 Å². The lowest BCUT2D eigenvalue weighted by molar-refractivity contribution is 0.152. The molecule has 0 heterocycles. The fourth-order valence-corrected chi connectivity index (χ4v) is 1.27. The second-order valence-electron chi connectivity index (χ2n) is 2.68. The second kappa shape index (κ2) is 4.18. The molecule has 0 radical (unpaired) electrons. The summed E-state index contributed by atoms with van der Waals surface area (Å²) in [7, 11) is 0. The first-order valence-electron chi connectivity index (χ1n) is 4.07. The summed E-state index contributed by atoms with van der Waals surface area (Å²) in [6.07, 6.45) is -1.81. The molecule has 0 fully saturated rings. The molecule has 0 amide bonds. The maximum absolute atomic E-state index is 12.4. The number of hydrazine groups is 1. The van der Waals surface area contributed by atoms with Crippen molar-refractivity contribution < 1.29 is 8.78 Å². The van der Waals surface area contributed by atoms with Crippen LogP contribution in [0.25, 0.3) is 0 Å². The van der Waals surface area contributed by atoms with E-state index < -0.39 is 6.43 Å². The molecule has 0 saturated carbocycles. The van der Waals surface area contributed by atoms with Crippen molar-refractivity contribution in [2.45, 2.75) is 19.8 Å². The van der Waals surface area contributed by atoms with Gasteiger partial charge in [-0.1, -0.05) is 25.1 Å². The quantitative estimate of drug-likeness (QED) is 0.562. The first-order chi connectivity index (χ1) is 6.20. The summed E-state index contributed by atoms with van der Waals surface area (Å²) in [6, 6.07) is 4.77. The van der Waals surface area contributed by atoms with Gasteiger partial charge in [-0.15, -0.1) is 0 Å². The number of hydrogen-bond donors (Lipinski definition) is 2. The van der Waals surface area contributed by atoms with Gasteiger partial charge >= 0.3 is 0 Å². The first kappa shape index (κ1) is 9.92. The first-order valence-corrected chi connectivity index (χ1v) is 4.07. The lowest BCUT2D eigenvalue weighted by Gasteiger charge is -2.11. The number of halogens is 2. The molecule has 1 aromatic rings. The Balaban J connectivity index is 3.19. The van der Waals surface area contributed by atoms with Gasteiger partial charge < -0.3 is 5.43 Å². The molecule has 0 atom stereocenters. The molecular weight excluding hydrogens is 174 g/mol. The average Bonchev–Trinajstić information content (AvgIpc) is 2.16. The molecule has 0 aliphatic rings. The van der Waals surface area contributed by atoms with E-state index in [-0.39, 0.29) is 5.56 Å². The number of rotatable bonds is 3. The fraction of sp³-hybridized carbons (Fsp3) is 0.333. The lowest BCUT2D eigenvalue weighted by Crippen LogP contribution is -2.11. The van der Waals surface area contributed by atoms with Crippen molar-refractivity contribution in [3.63, 3.8) is 0 Å². The molecule has 4 heteroatoms. The number of anilines is 1. The maximum Gasteiger partial charge on any atom is 0.265 e. The number of aryl methyl sites for hydroxylation is 1. The van der Waals surface area contributed by atoms with Crippen molar-refractivity contribution >= 4 is 5.69 Å². The van der Waals surface area contributed by atoms with Gasteiger partial charge in [0.2, 0.25) is 0 Å². The molecule has 0 spiro atoms. The third kappa shape index (κ3) is 1.95. The molecule has 1 rings (SSSR count). The highest BCUT2D eigenvalue weighted by Crippen LogP contribution is 2.29. The van der Waals surface area contributed by atoms with Gasteiger partial charge in [-0.3, -0.25) is 5.84 Å². The predicted octanol–water partition coefficient (Wildman–Crippen LogP) is 2.47.